The first-order valence-electron chi connectivity index (χ1n) is 3.08. The van der Waals surface area contributed by atoms with Gasteiger partial charge < -0.3 is 48.9 Å². The van der Waals surface area contributed by atoms with Gasteiger partial charge in [0, 0.05) is 0 Å². The van der Waals surface area contributed by atoms with Crippen molar-refractivity contribution in [3.63, 3.8) is 0 Å². The molecule has 0 unspecified atom stereocenters. The maximum atomic E-state index is 9.63. The van der Waals surface area contributed by atoms with Crippen LogP contribution in [0, 0.1) is 0 Å². The molecule has 0 radical (unpaired) electrons. The van der Waals surface area contributed by atoms with Gasteiger partial charge in [0.25, 0.3) is 7.82 Å². The summed E-state index contributed by atoms with van der Waals surface area (Å²) in [5, 5.41) is 0. The third-order valence-electron chi connectivity index (χ3n) is 0.213. The summed E-state index contributed by atoms with van der Waals surface area (Å²) < 4.78 is 39.9. The molecule has 120 valence electrons. The van der Waals surface area contributed by atoms with Crippen LogP contribution in [0.25, 0.3) is 0 Å². The summed E-state index contributed by atoms with van der Waals surface area (Å²) in [4.78, 5) is 75.5. The van der Waals surface area contributed by atoms with Crippen molar-refractivity contribution in [3.05, 3.63) is 0 Å². The van der Waals surface area contributed by atoms with Gasteiger partial charge in [0.05, 0.1) is 0 Å². The van der Waals surface area contributed by atoms with Gasteiger partial charge in [-0.25, -0.2) is 13.7 Å². The zero-order valence-electron chi connectivity index (χ0n) is 9.26. The summed E-state index contributed by atoms with van der Waals surface area (Å²) in [6.45, 7) is 0. The Balaban J connectivity index is -0.000000101. The van der Waals surface area contributed by atoms with E-state index in [1.807, 2.05) is 0 Å². The fourth-order valence-electron chi connectivity index (χ4n) is 0.139. The van der Waals surface area contributed by atoms with Gasteiger partial charge in [-0.1, -0.05) is 0 Å². The normalized spacial score (nSPS) is 12.1. The van der Waals surface area contributed by atoms with E-state index < -0.39 is 31.3 Å². The van der Waals surface area contributed by atoms with Crippen LogP contribution in [0.1, 0.15) is 0 Å². The van der Waals surface area contributed by atoms with E-state index in [0.29, 0.717) is 0 Å². The Morgan fingerprint density at radius 2 is 0.750 bits per heavy atom. The molecule has 0 aromatic rings. The van der Waals surface area contributed by atoms with Gasteiger partial charge in [-0.05, 0) is 0 Å². The van der Waals surface area contributed by atoms with E-state index in [0.717, 1.165) is 0 Å². The van der Waals surface area contributed by atoms with Crippen LogP contribution in [0.5, 0.6) is 0 Å². The van der Waals surface area contributed by atoms with E-state index in [1.165, 1.54) is 0 Å². The van der Waals surface area contributed by atoms with Crippen LogP contribution >= 0.6 is 31.3 Å². The first kappa shape index (κ1) is 30.0. The molecule has 0 aromatic heterocycles. The second-order valence-electron chi connectivity index (χ2n) is 2.07. The molecule has 0 atom stereocenters. The molecule has 0 saturated carbocycles. The van der Waals surface area contributed by atoms with Gasteiger partial charge >= 0.3 is 74.9 Å². The predicted octanol–water partition coefficient (Wildman–Crippen LogP) is -6.30. The molecule has 0 aliphatic rings. The average Bonchev–Trinajstić information content (AvgIpc) is 1.63. The van der Waals surface area contributed by atoms with Crippen LogP contribution in [-0.4, -0.2) is 44.0 Å². The largest absolute Gasteiger partial charge is 1.00 e. The van der Waals surface area contributed by atoms with Crippen LogP contribution in [0.15, 0.2) is 0 Å². The topological polar surface area (TPSA) is 283 Å². The van der Waals surface area contributed by atoms with Gasteiger partial charge in [0.1, 0.15) is 0 Å². The van der Waals surface area contributed by atoms with Gasteiger partial charge in [-0.3, -0.25) is 4.57 Å². The minimum atomic E-state index is -5.05. The Hall–Kier alpha value is 2.12. The Kier molecular flexibility index (Phi) is 17.5. The molecule has 0 aliphatic heterocycles. The SMILES string of the molecule is O=P(O)(O)O.O=P(O)(O)OP(=O)(O)O.O=P([O-])(O)O.[K+]. The van der Waals surface area contributed by atoms with Crippen molar-refractivity contribution in [2.24, 2.45) is 0 Å². The standard InChI is InChI=1S/K.H4O7P2.2H3O4P/c;1-8(2,3)7-9(4,5)6;2*1-5(2,3)4/h;(H2,1,2,3)(H2,4,5,6);2*(H3,1,2,3,4)/q+1;;;/p-1. The van der Waals surface area contributed by atoms with E-state index in [2.05, 4.69) is 4.31 Å². The van der Waals surface area contributed by atoms with Crippen molar-refractivity contribution in [2.45, 2.75) is 0 Å². The number of phosphoric acid groups is 4. The van der Waals surface area contributed by atoms with Crippen molar-refractivity contribution in [1.29, 1.82) is 0 Å². The number of hydrogen-bond donors (Lipinski definition) is 9. The summed E-state index contributed by atoms with van der Waals surface area (Å²) in [6.07, 6.45) is 0. The summed E-state index contributed by atoms with van der Waals surface area (Å²) in [5.74, 6) is 0. The molecule has 20 heavy (non-hydrogen) atoms. The summed E-state index contributed by atoms with van der Waals surface area (Å²) in [6, 6.07) is 0. The maximum absolute atomic E-state index is 9.63. The van der Waals surface area contributed by atoms with Gasteiger partial charge in [-0.15, -0.1) is 0 Å². The van der Waals surface area contributed by atoms with Crippen molar-refractivity contribution < 1.29 is 123 Å². The molecule has 0 rings (SSSR count). The molecule has 0 amide bonds. The summed E-state index contributed by atoms with van der Waals surface area (Å²) in [5.41, 5.74) is 0. The van der Waals surface area contributed by atoms with Crippen LogP contribution in [0.2, 0.25) is 0 Å². The van der Waals surface area contributed by atoms with Gasteiger partial charge in [0.2, 0.25) is 0 Å². The quantitative estimate of drug-likeness (QED) is 0.151. The summed E-state index contributed by atoms with van der Waals surface area (Å²) >= 11 is 0. The molecule has 20 heteroatoms. The van der Waals surface area contributed by atoms with E-state index in [4.69, 9.17) is 58.1 Å². The van der Waals surface area contributed by atoms with Crippen LogP contribution in [-0.2, 0) is 22.6 Å². The first-order valence-corrected chi connectivity index (χ1v) is 9.23. The zero-order valence-corrected chi connectivity index (χ0v) is 16.0. The Morgan fingerprint density at radius 1 is 0.650 bits per heavy atom. The Labute approximate surface area is 153 Å². The van der Waals surface area contributed by atoms with E-state index in [-0.39, 0.29) is 51.4 Å². The van der Waals surface area contributed by atoms with Crippen LogP contribution in [0.4, 0.5) is 0 Å². The molecule has 9 N–H and O–H groups in total. The molecule has 0 fully saturated rings. The van der Waals surface area contributed by atoms with Crippen molar-refractivity contribution in [2.75, 3.05) is 0 Å². The van der Waals surface area contributed by atoms with Crippen molar-refractivity contribution >= 4 is 31.3 Å². The van der Waals surface area contributed by atoms with Crippen molar-refractivity contribution in [1.82, 2.24) is 0 Å². The van der Waals surface area contributed by atoms with Gasteiger partial charge in [-0.2, -0.15) is 4.31 Å². The van der Waals surface area contributed by atoms with E-state index in [1.54, 1.807) is 0 Å². The van der Waals surface area contributed by atoms with Crippen LogP contribution in [0.3, 0.4) is 0 Å². The van der Waals surface area contributed by atoms with Crippen molar-refractivity contribution in [3.8, 4) is 0 Å². The molecular formula is H9KO15P4. The Morgan fingerprint density at radius 3 is 0.750 bits per heavy atom. The summed E-state index contributed by atoms with van der Waals surface area (Å²) in [7, 11) is -19.6. The fraction of sp³-hybridized carbons (Fsp3) is 0. The molecular weight excluding hydrogens is 403 g/mol. The minimum absolute atomic E-state index is 0. The Bertz CT molecular complexity index is 355. The second-order valence-corrected chi connectivity index (χ2v) is 6.69. The van der Waals surface area contributed by atoms with E-state index in [9.17, 15) is 9.13 Å². The maximum Gasteiger partial charge on any atom is 1.00 e. The first-order chi connectivity index (χ1) is 7.71. The molecule has 0 bridgehead atoms. The number of hydrogen-bond acceptors (Lipinski definition) is 6. The molecule has 0 heterocycles. The minimum Gasteiger partial charge on any atom is -0.756 e. The molecule has 0 spiro atoms. The average molecular weight is 412 g/mol. The third kappa shape index (κ3) is 112. The molecule has 0 saturated heterocycles. The van der Waals surface area contributed by atoms with E-state index >= 15 is 0 Å². The third-order valence-corrected chi connectivity index (χ3v) is 1.91. The fourth-order valence-corrected chi connectivity index (χ4v) is 1.25. The monoisotopic (exact) mass is 412 g/mol. The second kappa shape index (κ2) is 11.6. The molecule has 15 nitrogen and oxygen atoms in total. The zero-order chi connectivity index (χ0) is 16.7. The smallest absolute Gasteiger partial charge is 0.756 e. The molecule has 0 aliphatic carbocycles. The van der Waals surface area contributed by atoms with Gasteiger partial charge in [0.15, 0.2) is 0 Å². The molecule has 0 aromatic carbocycles. The number of rotatable bonds is 2. The predicted molar refractivity (Wildman–Crippen MR) is 51.5 cm³/mol. The van der Waals surface area contributed by atoms with Crippen LogP contribution < -0.4 is 56.3 Å².